The molecule has 0 amide bonds. The molecule has 15 heavy (non-hydrogen) atoms. The quantitative estimate of drug-likeness (QED) is 0.662. The highest BCUT2D eigenvalue weighted by Gasteiger charge is 2.35. The van der Waals surface area contributed by atoms with Gasteiger partial charge in [-0.15, -0.1) is 0 Å². The van der Waals surface area contributed by atoms with Crippen LogP contribution >= 0.6 is 0 Å². The van der Waals surface area contributed by atoms with Gasteiger partial charge in [-0.05, 0) is 6.92 Å². The summed E-state index contributed by atoms with van der Waals surface area (Å²) < 4.78 is 24.1. The van der Waals surface area contributed by atoms with E-state index in [1.54, 1.807) is 6.92 Å². The number of nitrogens with one attached hydrogen (secondary N) is 1. The van der Waals surface area contributed by atoms with Gasteiger partial charge in [0.25, 0.3) is 0 Å². The van der Waals surface area contributed by atoms with Crippen LogP contribution in [0.25, 0.3) is 0 Å². The number of rotatable bonds is 3. The molecule has 2 atom stereocenters. The van der Waals surface area contributed by atoms with Crippen molar-refractivity contribution < 1.29 is 18.3 Å². The third-order valence-corrected chi connectivity index (χ3v) is 3.86. The van der Waals surface area contributed by atoms with Gasteiger partial charge in [0, 0.05) is 19.1 Å². The standard InChI is InChI=1S/C8H16N2O4S/c1-6-7(5-8(11)12)10(4-3-9-6)15(2,13)14/h6-7,9H,3-5H2,1-2H3,(H,11,12)/t6-,7-/m1/s1. The van der Waals surface area contributed by atoms with Crippen molar-refractivity contribution in [2.45, 2.75) is 25.4 Å². The van der Waals surface area contributed by atoms with E-state index in [2.05, 4.69) is 5.32 Å². The lowest BCUT2D eigenvalue weighted by Crippen LogP contribution is -2.58. The lowest BCUT2D eigenvalue weighted by molar-refractivity contribution is -0.138. The molecular formula is C8H16N2O4S. The Morgan fingerprint density at radius 1 is 1.60 bits per heavy atom. The summed E-state index contributed by atoms with van der Waals surface area (Å²) in [6.45, 7) is 2.69. The van der Waals surface area contributed by atoms with Crippen LogP contribution in [0.1, 0.15) is 13.3 Å². The lowest BCUT2D eigenvalue weighted by atomic mass is 10.0. The fourth-order valence-electron chi connectivity index (χ4n) is 1.82. The number of aliphatic carboxylic acids is 1. The minimum Gasteiger partial charge on any atom is -0.481 e. The molecule has 1 aliphatic rings. The van der Waals surface area contributed by atoms with Crippen LogP contribution in [0.5, 0.6) is 0 Å². The van der Waals surface area contributed by atoms with E-state index in [4.69, 9.17) is 5.11 Å². The predicted octanol–water partition coefficient (Wildman–Crippen LogP) is -0.917. The van der Waals surface area contributed by atoms with Gasteiger partial charge in [-0.3, -0.25) is 4.79 Å². The van der Waals surface area contributed by atoms with Crippen molar-refractivity contribution >= 4 is 16.0 Å². The Balaban J connectivity index is 2.87. The van der Waals surface area contributed by atoms with Crippen molar-refractivity contribution in [2.24, 2.45) is 0 Å². The minimum absolute atomic E-state index is 0.135. The Morgan fingerprint density at radius 2 is 2.20 bits per heavy atom. The average molecular weight is 236 g/mol. The van der Waals surface area contributed by atoms with E-state index in [0.717, 1.165) is 6.26 Å². The zero-order valence-corrected chi connectivity index (χ0v) is 9.62. The van der Waals surface area contributed by atoms with E-state index in [-0.39, 0.29) is 12.5 Å². The molecule has 0 bridgehead atoms. The van der Waals surface area contributed by atoms with E-state index < -0.39 is 22.0 Å². The highest BCUT2D eigenvalue weighted by molar-refractivity contribution is 7.88. The maximum absolute atomic E-state index is 11.4. The third kappa shape index (κ3) is 3.15. The van der Waals surface area contributed by atoms with E-state index in [9.17, 15) is 13.2 Å². The topological polar surface area (TPSA) is 86.7 Å². The first-order valence-electron chi connectivity index (χ1n) is 4.74. The molecule has 1 heterocycles. The van der Waals surface area contributed by atoms with Crippen LogP contribution in [0.2, 0.25) is 0 Å². The third-order valence-electron chi connectivity index (χ3n) is 2.56. The van der Waals surface area contributed by atoms with Gasteiger partial charge < -0.3 is 10.4 Å². The number of hydrogen-bond donors (Lipinski definition) is 2. The second-order valence-corrected chi connectivity index (χ2v) is 5.72. The van der Waals surface area contributed by atoms with Crippen LogP contribution in [0.4, 0.5) is 0 Å². The Hall–Kier alpha value is -0.660. The van der Waals surface area contributed by atoms with Crippen molar-refractivity contribution in [3.05, 3.63) is 0 Å². The van der Waals surface area contributed by atoms with Gasteiger partial charge >= 0.3 is 5.97 Å². The van der Waals surface area contributed by atoms with Crippen molar-refractivity contribution in [2.75, 3.05) is 19.3 Å². The summed E-state index contributed by atoms with van der Waals surface area (Å²) >= 11 is 0. The van der Waals surface area contributed by atoms with E-state index in [1.807, 2.05) is 0 Å². The first-order valence-corrected chi connectivity index (χ1v) is 6.59. The average Bonchev–Trinajstić information content (AvgIpc) is 2.05. The lowest BCUT2D eigenvalue weighted by Gasteiger charge is -2.38. The zero-order chi connectivity index (χ0) is 11.6. The Labute approximate surface area is 89.3 Å². The first kappa shape index (κ1) is 12.4. The summed E-state index contributed by atoms with van der Waals surface area (Å²) in [5.74, 6) is -0.982. The summed E-state index contributed by atoms with van der Waals surface area (Å²) in [5, 5.41) is 11.8. The first-order chi connectivity index (χ1) is 6.82. The fraction of sp³-hybridized carbons (Fsp3) is 0.875. The summed E-state index contributed by atoms with van der Waals surface area (Å²) in [6.07, 6.45) is 0.946. The Kier molecular flexibility index (Phi) is 3.69. The molecular weight excluding hydrogens is 220 g/mol. The van der Waals surface area contributed by atoms with Crippen LogP contribution in [-0.4, -0.2) is 55.2 Å². The number of carboxylic acids is 1. The van der Waals surface area contributed by atoms with Gasteiger partial charge in [0.2, 0.25) is 10.0 Å². The van der Waals surface area contributed by atoms with Gasteiger partial charge in [-0.2, -0.15) is 4.31 Å². The molecule has 88 valence electrons. The van der Waals surface area contributed by atoms with Crippen LogP contribution in [-0.2, 0) is 14.8 Å². The summed E-state index contributed by atoms with van der Waals surface area (Å²) in [7, 11) is -3.32. The molecule has 0 aromatic heterocycles. The normalized spacial score (nSPS) is 28.9. The molecule has 1 rings (SSSR count). The van der Waals surface area contributed by atoms with Crippen LogP contribution in [0.3, 0.4) is 0 Å². The highest BCUT2D eigenvalue weighted by Crippen LogP contribution is 2.16. The van der Waals surface area contributed by atoms with Crippen molar-refractivity contribution in [3.8, 4) is 0 Å². The summed E-state index contributed by atoms with van der Waals surface area (Å²) in [5.41, 5.74) is 0. The smallest absolute Gasteiger partial charge is 0.305 e. The van der Waals surface area contributed by atoms with Gasteiger partial charge in [0.05, 0.1) is 18.7 Å². The van der Waals surface area contributed by atoms with Crippen LogP contribution < -0.4 is 5.32 Å². The van der Waals surface area contributed by atoms with Gasteiger partial charge in [-0.25, -0.2) is 8.42 Å². The van der Waals surface area contributed by atoms with Gasteiger partial charge in [-0.1, -0.05) is 0 Å². The van der Waals surface area contributed by atoms with Crippen molar-refractivity contribution in [3.63, 3.8) is 0 Å². The minimum atomic E-state index is -3.32. The van der Waals surface area contributed by atoms with E-state index in [0.29, 0.717) is 13.1 Å². The molecule has 1 fully saturated rings. The molecule has 0 aliphatic carbocycles. The molecule has 6 nitrogen and oxygen atoms in total. The molecule has 0 spiro atoms. The van der Waals surface area contributed by atoms with Gasteiger partial charge in [0.1, 0.15) is 0 Å². The molecule has 0 aromatic carbocycles. The molecule has 0 unspecified atom stereocenters. The largest absolute Gasteiger partial charge is 0.481 e. The zero-order valence-electron chi connectivity index (χ0n) is 8.80. The number of carboxylic acid groups (broad SMARTS) is 1. The summed E-state index contributed by atoms with van der Waals surface area (Å²) in [6, 6.07) is -0.629. The second kappa shape index (κ2) is 4.46. The number of carbonyl (C=O) groups is 1. The fourth-order valence-corrected chi connectivity index (χ4v) is 2.99. The molecule has 0 saturated carbocycles. The molecule has 1 aliphatic heterocycles. The molecule has 0 aromatic rings. The SMILES string of the molecule is C[C@H]1NCCN(S(C)(=O)=O)[C@@H]1CC(=O)O. The molecule has 0 radical (unpaired) electrons. The van der Waals surface area contributed by atoms with Crippen molar-refractivity contribution in [1.29, 1.82) is 0 Å². The predicted molar refractivity (Wildman–Crippen MR) is 55.1 cm³/mol. The van der Waals surface area contributed by atoms with Crippen molar-refractivity contribution in [1.82, 2.24) is 9.62 Å². The number of nitrogens with zero attached hydrogens (tertiary/aromatic N) is 1. The monoisotopic (exact) mass is 236 g/mol. The molecule has 2 N–H and O–H groups in total. The second-order valence-electron chi connectivity index (χ2n) is 3.78. The number of sulfonamides is 1. The number of hydrogen-bond acceptors (Lipinski definition) is 4. The highest BCUT2D eigenvalue weighted by atomic mass is 32.2. The van der Waals surface area contributed by atoms with E-state index in [1.165, 1.54) is 4.31 Å². The van der Waals surface area contributed by atoms with Gasteiger partial charge in [0.15, 0.2) is 0 Å². The summed E-state index contributed by atoms with van der Waals surface area (Å²) in [4.78, 5) is 10.6. The maximum Gasteiger partial charge on any atom is 0.305 e. The maximum atomic E-state index is 11.4. The molecule has 1 saturated heterocycles. The van der Waals surface area contributed by atoms with Crippen LogP contribution in [0, 0.1) is 0 Å². The molecule has 7 heteroatoms. The van der Waals surface area contributed by atoms with E-state index >= 15 is 0 Å². The number of piperazine rings is 1. The van der Waals surface area contributed by atoms with Crippen LogP contribution in [0.15, 0.2) is 0 Å². The Bertz CT molecular complexity index is 341. The Morgan fingerprint density at radius 3 is 2.67 bits per heavy atom.